The molecular formula is C38H45N3O6Si. The van der Waals surface area contributed by atoms with Crippen molar-refractivity contribution in [3.05, 3.63) is 77.9 Å². The summed E-state index contributed by atoms with van der Waals surface area (Å²) in [4.78, 5) is 46.0. The molecule has 4 heterocycles. The Bertz CT molecular complexity index is 1740. The van der Waals surface area contributed by atoms with E-state index in [9.17, 15) is 14.7 Å². The molecule has 1 spiro atoms. The van der Waals surface area contributed by atoms with Crippen LogP contribution < -0.4 is 24.6 Å². The number of carbonyl (C=O) groups excluding carboxylic acids is 3. The molecule has 4 aliphatic heterocycles. The van der Waals surface area contributed by atoms with Crippen molar-refractivity contribution < 1.29 is 29.0 Å². The minimum atomic E-state index is -2.33. The molecule has 9 nitrogen and oxygen atoms in total. The van der Waals surface area contributed by atoms with E-state index >= 15 is 4.79 Å². The summed E-state index contributed by atoms with van der Waals surface area (Å²) in [7, 11) is -0.670. The Kier molecular flexibility index (Phi) is 8.46. The highest BCUT2D eigenvalue weighted by Gasteiger charge is 2.66. The lowest BCUT2D eigenvalue weighted by molar-refractivity contribution is -0.146. The maximum atomic E-state index is 15.1. The third-order valence-electron chi connectivity index (χ3n) is 11.3. The summed E-state index contributed by atoms with van der Waals surface area (Å²) < 4.78 is 12.5. The van der Waals surface area contributed by atoms with Crippen molar-refractivity contribution in [2.24, 2.45) is 5.92 Å². The zero-order valence-electron chi connectivity index (χ0n) is 28.3. The molecule has 252 valence electrons. The van der Waals surface area contributed by atoms with Gasteiger partial charge in [0.15, 0.2) is 5.60 Å². The van der Waals surface area contributed by atoms with E-state index < -0.39 is 13.7 Å². The number of carbonyl (C=O) groups is 3. The number of aliphatic hydroxyl groups is 1. The second-order valence-corrected chi connectivity index (χ2v) is 18.9. The number of ether oxygens (including phenoxy) is 2. The van der Waals surface area contributed by atoms with Gasteiger partial charge in [-0.1, -0.05) is 49.5 Å². The van der Waals surface area contributed by atoms with E-state index in [2.05, 4.69) is 32.2 Å². The van der Waals surface area contributed by atoms with Crippen LogP contribution in [0.2, 0.25) is 18.6 Å². The van der Waals surface area contributed by atoms with Crippen LogP contribution in [0.25, 0.3) is 0 Å². The van der Waals surface area contributed by atoms with Crippen molar-refractivity contribution in [2.75, 3.05) is 41.5 Å². The van der Waals surface area contributed by atoms with Crippen molar-refractivity contribution in [1.29, 1.82) is 0 Å². The molecule has 0 radical (unpaired) electrons. The SMILES string of the molecule is COc1ccc([Si](C)(C)[C@@H]2[C@@H](CCO)O[C@]3(C(=O)N(Cc4cccc(N5CCCC5=O)c4)c4ccc(N5CCCC5=O)cc43)[C@H]2C)cc1. The van der Waals surface area contributed by atoms with E-state index in [-0.39, 0.29) is 41.9 Å². The number of methoxy groups -OCH3 is 1. The van der Waals surface area contributed by atoms with Crippen molar-refractivity contribution in [3.8, 4) is 5.75 Å². The number of fused-ring (bicyclic) bond motifs is 2. The highest BCUT2D eigenvalue weighted by molar-refractivity contribution is 6.91. The number of hydrogen-bond acceptors (Lipinski definition) is 6. The minimum absolute atomic E-state index is 0.0105. The predicted octanol–water partition coefficient (Wildman–Crippen LogP) is 5.09. The number of rotatable bonds is 9. The van der Waals surface area contributed by atoms with E-state index in [1.807, 2.05) is 69.3 Å². The van der Waals surface area contributed by atoms with Gasteiger partial charge in [0.25, 0.3) is 5.91 Å². The smallest absolute Gasteiger partial charge is 0.264 e. The molecule has 0 unspecified atom stereocenters. The highest BCUT2D eigenvalue weighted by atomic mass is 28.3. The van der Waals surface area contributed by atoms with Crippen LogP contribution in [-0.4, -0.2) is 63.8 Å². The van der Waals surface area contributed by atoms with Crippen LogP contribution >= 0.6 is 0 Å². The van der Waals surface area contributed by atoms with Crippen molar-refractivity contribution in [1.82, 2.24) is 0 Å². The number of benzene rings is 3. The fourth-order valence-corrected chi connectivity index (χ4v) is 12.9. The molecule has 4 atom stereocenters. The van der Waals surface area contributed by atoms with E-state index in [1.54, 1.807) is 7.11 Å². The van der Waals surface area contributed by atoms with Crippen molar-refractivity contribution >= 4 is 48.0 Å². The molecule has 4 aliphatic rings. The van der Waals surface area contributed by atoms with E-state index in [0.29, 0.717) is 38.9 Å². The Morgan fingerprint density at radius 1 is 0.917 bits per heavy atom. The van der Waals surface area contributed by atoms with Crippen LogP contribution in [-0.2, 0) is 31.3 Å². The summed E-state index contributed by atoms with van der Waals surface area (Å²) in [6, 6.07) is 22.1. The van der Waals surface area contributed by atoms with Gasteiger partial charge in [-0.05, 0) is 72.8 Å². The molecule has 3 saturated heterocycles. The summed E-state index contributed by atoms with van der Waals surface area (Å²) in [6.07, 6.45) is 2.78. The standard InChI is InChI=1S/C38H45N3O6Si/c1-25-36(48(3,4)30-15-13-29(46-2)14-16-30)33(18-21-42)47-38(25)31-23-28(40-20-7-11-35(40)44)12-17-32(31)41(37(38)45)24-26-8-5-9-27(22-26)39-19-6-10-34(39)43/h5,8-9,12-17,22-23,25,33,36,42H,6-7,10-11,18-21,24H2,1-4H3/t25-,33+,36-,38+/m0/s1. The molecule has 0 bridgehead atoms. The first kappa shape index (κ1) is 32.5. The molecule has 10 heteroatoms. The quantitative estimate of drug-likeness (QED) is 0.319. The van der Waals surface area contributed by atoms with E-state index in [1.165, 1.54) is 5.19 Å². The molecule has 3 aromatic carbocycles. The summed E-state index contributed by atoms with van der Waals surface area (Å²) >= 11 is 0. The molecular weight excluding hydrogens is 623 g/mol. The van der Waals surface area contributed by atoms with Gasteiger partial charge < -0.3 is 29.3 Å². The Hall–Kier alpha value is -3.99. The Balaban J connectivity index is 1.32. The topological polar surface area (TPSA) is 99.6 Å². The van der Waals surface area contributed by atoms with Gasteiger partial charge in [0.1, 0.15) is 5.75 Å². The Morgan fingerprint density at radius 3 is 2.19 bits per heavy atom. The molecule has 3 amide bonds. The lowest BCUT2D eigenvalue weighted by Gasteiger charge is -2.37. The molecule has 0 saturated carbocycles. The van der Waals surface area contributed by atoms with E-state index in [4.69, 9.17) is 9.47 Å². The normalized spacial score (nSPS) is 25.6. The van der Waals surface area contributed by atoms with Gasteiger partial charge in [0.05, 0.1) is 33.5 Å². The second-order valence-electron chi connectivity index (χ2n) is 14.2. The van der Waals surface area contributed by atoms with Crippen molar-refractivity contribution in [3.63, 3.8) is 0 Å². The van der Waals surface area contributed by atoms with Crippen LogP contribution in [0.15, 0.2) is 66.7 Å². The first-order valence-corrected chi connectivity index (χ1v) is 20.3. The van der Waals surface area contributed by atoms with Crippen LogP contribution in [0.3, 0.4) is 0 Å². The maximum Gasteiger partial charge on any atom is 0.264 e. The van der Waals surface area contributed by atoms with Gasteiger partial charge in [-0.15, -0.1) is 0 Å². The number of amides is 3. The van der Waals surface area contributed by atoms with Crippen LogP contribution in [0.4, 0.5) is 17.1 Å². The van der Waals surface area contributed by atoms with Gasteiger partial charge in [0, 0.05) is 55.4 Å². The first-order valence-electron chi connectivity index (χ1n) is 17.2. The molecule has 1 N–H and O–H groups in total. The Labute approximate surface area is 283 Å². The summed E-state index contributed by atoms with van der Waals surface area (Å²) in [5.41, 5.74) is 2.84. The first-order chi connectivity index (χ1) is 23.1. The van der Waals surface area contributed by atoms with Crippen LogP contribution in [0.5, 0.6) is 5.75 Å². The fraction of sp³-hybridized carbons (Fsp3) is 0.447. The summed E-state index contributed by atoms with van der Waals surface area (Å²) in [5.74, 6) is 0.661. The monoisotopic (exact) mass is 667 g/mol. The molecule has 0 aromatic heterocycles. The molecule has 7 rings (SSSR count). The molecule has 0 aliphatic carbocycles. The zero-order chi connectivity index (χ0) is 33.8. The highest BCUT2D eigenvalue weighted by Crippen LogP contribution is 2.60. The van der Waals surface area contributed by atoms with Crippen LogP contribution in [0, 0.1) is 5.92 Å². The predicted molar refractivity (Wildman–Crippen MR) is 189 cm³/mol. The van der Waals surface area contributed by atoms with Gasteiger partial charge >= 0.3 is 0 Å². The lowest BCUT2D eigenvalue weighted by Crippen LogP contribution is -2.51. The number of anilines is 3. The fourth-order valence-electron chi connectivity index (χ4n) is 8.87. The third-order valence-corrected chi connectivity index (χ3v) is 15.6. The average Bonchev–Trinajstić information content (AvgIpc) is 3.84. The third kappa shape index (κ3) is 5.16. The number of hydrogen-bond donors (Lipinski definition) is 1. The van der Waals surface area contributed by atoms with E-state index in [0.717, 1.165) is 46.8 Å². The lowest BCUT2D eigenvalue weighted by atomic mass is 9.82. The summed E-state index contributed by atoms with van der Waals surface area (Å²) in [6.45, 7) is 8.40. The number of aliphatic hydroxyl groups excluding tert-OH is 1. The van der Waals surface area contributed by atoms with Crippen LogP contribution in [0.1, 0.15) is 50.2 Å². The van der Waals surface area contributed by atoms with Gasteiger partial charge in [-0.3, -0.25) is 14.4 Å². The van der Waals surface area contributed by atoms with Gasteiger partial charge in [-0.2, -0.15) is 0 Å². The Morgan fingerprint density at radius 2 is 1.58 bits per heavy atom. The molecule has 3 fully saturated rings. The number of nitrogens with zero attached hydrogens (tertiary/aromatic N) is 3. The maximum absolute atomic E-state index is 15.1. The minimum Gasteiger partial charge on any atom is -0.497 e. The largest absolute Gasteiger partial charge is 0.497 e. The molecule has 3 aromatic rings. The average molecular weight is 668 g/mol. The second kappa shape index (κ2) is 12.5. The summed E-state index contributed by atoms with van der Waals surface area (Å²) in [5, 5.41) is 11.5. The van der Waals surface area contributed by atoms with Gasteiger partial charge in [-0.25, -0.2) is 0 Å². The molecule has 48 heavy (non-hydrogen) atoms. The zero-order valence-corrected chi connectivity index (χ0v) is 29.3. The van der Waals surface area contributed by atoms with Crippen molar-refractivity contribution in [2.45, 2.75) is 75.9 Å². The van der Waals surface area contributed by atoms with Gasteiger partial charge in [0.2, 0.25) is 11.8 Å².